The Morgan fingerprint density at radius 3 is 2.67 bits per heavy atom. The normalized spacial score (nSPS) is 15.2. The van der Waals surface area contributed by atoms with Gasteiger partial charge in [0.1, 0.15) is 5.75 Å². The number of halogens is 1. The Morgan fingerprint density at radius 1 is 1.33 bits per heavy atom. The van der Waals surface area contributed by atoms with Crippen LogP contribution in [0.15, 0.2) is 18.2 Å². The number of benzene rings is 1. The summed E-state index contributed by atoms with van der Waals surface area (Å²) in [7, 11) is 1.54. The van der Waals surface area contributed by atoms with Gasteiger partial charge in [0.2, 0.25) is 5.91 Å². The molecule has 1 aromatic carbocycles. The number of amides is 2. The van der Waals surface area contributed by atoms with E-state index in [4.69, 9.17) is 16.3 Å². The second-order valence-electron chi connectivity index (χ2n) is 6.08. The number of nitrogens with zero attached hydrogens (tertiary/aromatic N) is 1. The number of nitrogens with one attached hydrogen (secondary N) is 1. The number of ether oxygens (including phenoxy) is 1. The summed E-state index contributed by atoms with van der Waals surface area (Å²) in [6.45, 7) is 3.31. The van der Waals surface area contributed by atoms with Crippen molar-refractivity contribution in [2.24, 2.45) is 0 Å². The number of unbranched alkanes of at least 4 members (excludes halogenated alkanes) is 1. The average Bonchev–Trinajstić information content (AvgIpc) is 2.60. The van der Waals surface area contributed by atoms with Crippen molar-refractivity contribution >= 4 is 23.4 Å². The van der Waals surface area contributed by atoms with E-state index in [0.29, 0.717) is 35.8 Å². The summed E-state index contributed by atoms with van der Waals surface area (Å²) in [6.07, 6.45) is 4.05. The van der Waals surface area contributed by atoms with Crippen LogP contribution in [0.25, 0.3) is 0 Å². The molecule has 0 spiro atoms. The highest BCUT2D eigenvalue weighted by Crippen LogP contribution is 2.25. The molecule has 0 atom stereocenters. The van der Waals surface area contributed by atoms with Gasteiger partial charge in [-0.25, -0.2) is 0 Å². The van der Waals surface area contributed by atoms with Gasteiger partial charge < -0.3 is 15.0 Å². The second kappa shape index (κ2) is 8.92. The Kier molecular flexibility index (Phi) is 6.91. The monoisotopic (exact) mass is 352 g/mol. The highest BCUT2D eigenvalue weighted by atomic mass is 35.5. The lowest BCUT2D eigenvalue weighted by Crippen LogP contribution is -2.46. The molecular formula is C18H25ClN2O3. The standard InChI is InChI=1S/C18H25ClN2O3/c1-3-4-5-17(22)20-14-8-10-21(11-9-14)18(23)15-12-13(19)6-7-16(15)24-2/h6-7,12,14H,3-5,8-11H2,1-2H3,(H,20,22). The lowest BCUT2D eigenvalue weighted by atomic mass is 10.0. The summed E-state index contributed by atoms with van der Waals surface area (Å²) in [6, 6.07) is 5.20. The number of carbonyl (C=O) groups excluding carboxylic acids is 2. The highest BCUT2D eigenvalue weighted by Gasteiger charge is 2.26. The maximum atomic E-state index is 12.7. The first-order valence-corrected chi connectivity index (χ1v) is 8.85. The molecule has 24 heavy (non-hydrogen) atoms. The summed E-state index contributed by atoms with van der Waals surface area (Å²) >= 11 is 6.01. The van der Waals surface area contributed by atoms with Crippen molar-refractivity contribution in [3.8, 4) is 5.75 Å². The van der Waals surface area contributed by atoms with E-state index in [1.54, 1.807) is 23.1 Å². The van der Waals surface area contributed by atoms with Crippen LogP contribution in [0.3, 0.4) is 0 Å². The first-order chi connectivity index (χ1) is 11.5. The number of carbonyl (C=O) groups is 2. The summed E-state index contributed by atoms with van der Waals surface area (Å²) in [4.78, 5) is 26.3. The molecule has 0 unspecified atom stereocenters. The molecule has 0 saturated carbocycles. The van der Waals surface area contributed by atoms with E-state index in [1.165, 1.54) is 7.11 Å². The minimum atomic E-state index is -0.0786. The van der Waals surface area contributed by atoms with Gasteiger partial charge in [-0.05, 0) is 37.5 Å². The fourth-order valence-corrected chi connectivity index (χ4v) is 3.05. The van der Waals surface area contributed by atoms with E-state index in [2.05, 4.69) is 12.2 Å². The van der Waals surface area contributed by atoms with Gasteiger partial charge in [0.05, 0.1) is 12.7 Å². The van der Waals surface area contributed by atoms with Gasteiger partial charge in [0.15, 0.2) is 0 Å². The molecule has 1 heterocycles. The van der Waals surface area contributed by atoms with E-state index in [9.17, 15) is 9.59 Å². The Labute approximate surface area is 148 Å². The van der Waals surface area contributed by atoms with Crippen LogP contribution < -0.4 is 10.1 Å². The molecule has 2 rings (SSSR count). The van der Waals surface area contributed by atoms with Crippen LogP contribution in [0.2, 0.25) is 5.02 Å². The topological polar surface area (TPSA) is 58.6 Å². The Balaban J connectivity index is 1.91. The first kappa shape index (κ1) is 18.6. The molecule has 1 fully saturated rings. The number of hydrogen-bond acceptors (Lipinski definition) is 3. The lowest BCUT2D eigenvalue weighted by Gasteiger charge is -2.32. The summed E-state index contributed by atoms with van der Waals surface area (Å²) in [5, 5.41) is 3.57. The van der Waals surface area contributed by atoms with Crippen LogP contribution in [0.4, 0.5) is 0 Å². The zero-order chi connectivity index (χ0) is 17.5. The van der Waals surface area contributed by atoms with Crippen molar-refractivity contribution in [2.45, 2.75) is 45.1 Å². The smallest absolute Gasteiger partial charge is 0.257 e. The number of rotatable bonds is 6. The molecule has 1 N–H and O–H groups in total. The minimum absolute atomic E-state index is 0.0786. The number of piperidine rings is 1. The van der Waals surface area contributed by atoms with Gasteiger partial charge in [0.25, 0.3) is 5.91 Å². The number of methoxy groups -OCH3 is 1. The predicted octanol–water partition coefficient (Wildman–Crippen LogP) is 3.26. The highest BCUT2D eigenvalue weighted by molar-refractivity contribution is 6.31. The maximum absolute atomic E-state index is 12.7. The van der Waals surface area contributed by atoms with Crippen LogP contribution in [0.1, 0.15) is 49.4 Å². The van der Waals surface area contributed by atoms with Gasteiger partial charge in [-0.2, -0.15) is 0 Å². The second-order valence-corrected chi connectivity index (χ2v) is 6.52. The third-order valence-electron chi connectivity index (χ3n) is 4.30. The summed E-state index contributed by atoms with van der Waals surface area (Å²) in [5.41, 5.74) is 0.482. The molecule has 1 saturated heterocycles. The van der Waals surface area contributed by atoms with E-state index in [1.807, 2.05) is 0 Å². The van der Waals surface area contributed by atoms with Crippen LogP contribution in [0.5, 0.6) is 5.75 Å². The third-order valence-corrected chi connectivity index (χ3v) is 4.53. The molecule has 0 bridgehead atoms. The maximum Gasteiger partial charge on any atom is 0.257 e. The molecule has 5 nitrogen and oxygen atoms in total. The van der Waals surface area contributed by atoms with E-state index in [-0.39, 0.29) is 17.9 Å². The van der Waals surface area contributed by atoms with Crippen LogP contribution >= 0.6 is 11.6 Å². The summed E-state index contributed by atoms with van der Waals surface area (Å²) in [5.74, 6) is 0.558. The molecule has 2 amide bonds. The molecule has 1 aliphatic heterocycles. The van der Waals surface area contributed by atoms with Gasteiger partial charge in [0, 0.05) is 30.6 Å². The molecule has 1 aliphatic rings. The Morgan fingerprint density at radius 2 is 2.04 bits per heavy atom. The molecular weight excluding hydrogens is 328 g/mol. The zero-order valence-corrected chi connectivity index (χ0v) is 15.1. The average molecular weight is 353 g/mol. The van der Waals surface area contributed by atoms with Crippen molar-refractivity contribution in [1.29, 1.82) is 0 Å². The quantitative estimate of drug-likeness (QED) is 0.854. The Bertz CT molecular complexity index is 584. The van der Waals surface area contributed by atoms with Crippen LogP contribution in [0, 0.1) is 0 Å². The van der Waals surface area contributed by atoms with E-state index < -0.39 is 0 Å². The van der Waals surface area contributed by atoms with Crippen molar-refractivity contribution in [1.82, 2.24) is 10.2 Å². The van der Waals surface area contributed by atoms with Crippen molar-refractivity contribution in [2.75, 3.05) is 20.2 Å². The SMILES string of the molecule is CCCCC(=O)NC1CCN(C(=O)c2cc(Cl)ccc2OC)CC1. The predicted molar refractivity (Wildman–Crippen MR) is 94.6 cm³/mol. The van der Waals surface area contributed by atoms with E-state index >= 15 is 0 Å². The molecule has 132 valence electrons. The van der Waals surface area contributed by atoms with Crippen molar-refractivity contribution in [3.63, 3.8) is 0 Å². The van der Waals surface area contributed by atoms with E-state index in [0.717, 1.165) is 25.7 Å². The molecule has 0 radical (unpaired) electrons. The molecule has 0 aromatic heterocycles. The molecule has 6 heteroatoms. The molecule has 0 aliphatic carbocycles. The van der Waals surface area contributed by atoms with Gasteiger partial charge in [-0.3, -0.25) is 9.59 Å². The fraction of sp³-hybridized carbons (Fsp3) is 0.556. The largest absolute Gasteiger partial charge is 0.496 e. The van der Waals surface area contributed by atoms with Gasteiger partial charge in [-0.1, -0.05) is 24.9 Å². The van der Waals surface area contributed by atoms with Gasteiger partial charge >= 0.3 is 0 Å². The fourth-order valence-electron chi connectivity index (χ4n) is 2.88. The number of likely N-dealkylation sites (tertiary alicyclic amines) is 1. The lowest BCUT2D eigenvalue weighted by molar-refractivity contribution is -0.122. The first-order valence-electron chi connectivity index (χ1n) is 8.47. The van der Waals surface area contributed by atoms with Crippen molar-refractivity contribution < 1.29 is 14.3 Å². The van der Waals surface area contributed by atoms with Crippen molar-refractivity contribution in [3.05, 3.63) is 28.8 Å². The third kappa shape index (κ3) is 4.87. The number of hydrogen-bond donors (Lipinski definition) is 1. The molecule has 1 aromatic rings. The summed E-state index contributed by atoms with van der Waals surface area (Å²) < 4.78 is 5.26. The van der Waals surface area contributed by atoms with Crippen LogP contribution in [-0.2, 0) is 4.79 Å². The minimum Gasteiger partial charge on any atom is -0.496 e. The van der Waals surface area contributed by atoms with Gasteiger partial charge in [-0.15, -0.1) is 0 Å². The Hall–Kier alpha value is -1.75. The zero-order valence-electron chi connectivity index (χ0n) is 14.3. The van der Waals surface area contributed by atoms with Crippen LogP contribution in [-0.4, -0.2) is 43.0 Å².